The van der Waals surface area contributed by atoms with Gasteiger partial charge in [0.1, 0.15) is 0 Å². The molecule has 10 heteroatoms. The van der Waals surface area contributed by atoms with E-state index in [2.05, 4.69) is 25.8 Å². The number of aromatic nitrogens is 3. The Hall–Kier alpha value is -4.08. The average molecular weight is 448 g/mol. The van der Waals surface area contributed by atoms with Gasteiger partial charge in [0, 0.05) is 37.1 Å². The minimum atomic E-state index is -1.24. The summed E-state index contributed by atoms with van der Waals surface area (Å²) in [6.07, 6.45) is 3.25. The SMILES string of the molecule is Cc1nc(CNC(=O)[C@@H]2[C@H](C(=O)NCc3ccncc3)[C@@]2(C)C(=O)c2ccccc2N)no1. The zero-order chi connectivity index (χ0) is 23.6. The maximum absolute atomic E-state index is 13.4. The molecule has 1 fully saturated rings. The van der Waals surface area contributed by atoms with Gasteiger partial charge in [0.05, 0.1) is 23.8 Å². The topological polar surface area (TPSA) is 153 Å². The lowest BCUT2D eigenvalue weighted by Gasteiger charge is -2.13. The molecule has 1 aliphatic carbocycles. The van der Waals surface area contributed by atoms with E-state index < -0.39 is 23.2 Å². The number of carbonyl (C=O) groups is 3. The number of carbonyl (C=O) groups excluding carboxylic acids is 3. The number of anilines is 1. The molecule has 33 heavy (non-hydrogen) atoms. The zero-order valence-corrected chi connectivity index (χ0v) is 18.2. The van der Waals surface area contributed by atoms with Gasteiger partial charge in [-0.3, -0.25) is 19.4 Å². The van der Waals surface area contributed by atoms with E-state index in [0.717, 1.165) is 5.56 Å². The van der Waals surface area contributed by atoms with Gasteiger partial charge in [0.25, 0.3) is 0 Å². The van der Waals surface area contributed by atoms with Crippen LogP contribution >= 0.6 is 0 Å². The van der Waals surface area contributed by atoms with Crippen molar-refractivity contribution in [3.8, 4) is 0 Å². The molecule has 0 aliphatic heterocycles. The average Bonchev–Trinajstić information content (AvgIpc) is 3.25. The third-order valence-corrected chi connectivity index (χ3v) is 5.98. The van der Waals surface area contributed by atoms with Crippen LogP contribution in [0.2, 0.25) is 0 Å². The van der Waals surface area contributed by atoms with E-state index in [-0.39, 0.29) is 30.3 Å². The van der Waals surface area contributed by atoms with Crippen molar-refractivity contribution in [2.75, 3.05) is 5.73 Å². The highest BCUT2D eigenvalue weighted by molar-refractivity contribution is 6.13. The molecule has 0 radical (unpaired) electrons. The second-order valence-electron chi connectivity index (χ2n) is 8.18. The van der Waals surface area contributed by atoms with Gasteiger partial charge in [-0.05, 0) is 29.8 Å². The first-order chi connectivity index (χ1) is 15.8. The summed E-state index contributed by atoms with van der Waals surface area (Å²) in [7, 11) is 0. The summed E-state index contributed by atoms with van der Waals surface area (Å²) in [6, 6.07) is 10.2. The molecular formula is C23H24N6O4. The van der Waals surface area contributed by atoms with E-state index in [1.54, 1.807) is 62.6 Å². The van der Waals surface area contributed by atoms with Crippen molar-refractivity contribution in [3.63, 3.8) is 0 Å². The monoisotopic (exact) mass is 448 g/mol. The number of Topliss-reactive ketones (excluding diaryl/α,β-unsaturated/α-hetero) is 1. The summed E-state index contributed by atoms with van der Waals surface area (Å²) in [5.41, 5.74) is 6.21. The largest absolute Gasteiger partial charge is 0.398 e. The van der Waals surface area contributed by atoms with Crippen LogP contribution in [0.15, 0.2) is 53.3 Å². The molecule has 0 spiro atoms. The van der Waals surface area contributed by atoms with Crippen LogP contribution in [0.5, 0.6) is 0 Å². The van der Waals surface area contributed by atoms with Crippen LogP contribution in [0.1, 0.15) is 34.6 Å². The summed E-state index contributed by atoms with van der Waals surface area (Å²) in [5.74, 6) is -2.20. The van der Waals surface area contributed by atoms with Crippen LogP contribution in [0.25, 0.3) is 0 Å². The second kappa shape index (κ2) is 8.81. The molecule has 0 saturated heterocycles. The van der Waals surface area contributed by atoms with Crippen molar-refractivity contribution in [1.82, 2.24) is 25.8 Å². The van der Waals surface area contributed by atoms with E-state index in [1.807, 2.05) is 0 Å². The highest BCUT2D eigenvalue weighted by Gasteiger charge is 2.72. The molecular weight excluding hydrogens is 424 g/mol. The van der Waals surface area contributed by atoms with Crippen LogP contribution in [-0.4, -0.2) is 32.7 Å². The Morgan fingerprint density at radius 1 is 1.03 bits per heavy atom. The fourth-order valence-electron chi connectivity index (χ4n) is 4.13. The third kappa shape index (κ3) is 4.32. The van der Waals surface area contributed by atoms with E-state index >= 15 is 0 Å². The molecule has 1 aromatic carbocycles. The molecule has 0 bridgehead atoms. The quantitative estimate of drug-likeness (QED) is 0.345. The molecule has 2 aromatic heterocycles. The Bertz CT molecular complexity index is 1190. The van der Waals surface area contributed by atoms with Crippen molar-refractivity contribution in [2.24, 2.45) is 17.3 Å². The highest BCUT2D eigenvalue weighted by Crippen LogP contribution is 2.60. The number of rotatable bonds is 8. The zero-order valence-electron chi connectivity index (χ0n) is 18.2. The second-order valence-corrected chi connectivity index (χ2v) is 8.18. The van der Waals surface area contributed by atoms with Crippen molar-refractivity contribution < 1.29 is 18.9 Å². The van der Waals surface area contributed by atoms with Gasteiger partial charge in [-0.25, -0.2) is 0 Å². The van der Waals surface area contributed by atoms with Crippen LogP contribution in [0, 0.1) is 24.2 Å². The summed E-state index contributed by atoms with van der Waals surface area (Å²) in [4.78, 5) is 47.6. The van der Waals surface area contributed by atoms with E-state index in [9.17, 15) is 14.4 Å². The molecule has 2 amide bonds. The number of nitrogens with one attached hydrogen (secondary N) is 2. The number of aryl methyl sites for hydroxylation is 1. The van der Waals surface area contributed by atoms with E-state index in [0.29, 0.717) is 17.4 Å². The van der Waals surface area contributed by atoms with Crippen LogP contribution in [0.4, 0.5) is 5.69 Å². The lowest BCUT2D eigenvalue weighted by atomic mass is 9.91. The maximum Gasteiger partial charge on any atom is 0.225 e. The number of pyridine rings is 1. The van der Waals surface area contributed by atoms with Crippen molar-refractivity contribution >= 4 is 23.3 Å². The Morgan fingerprint density at radius 2 is 1.67 bits per heavy atom. The Kier molecular flexibility index (Phi) is 5.91. The number of nitrogen functional groups attached to an aromatic ring is 1. The summed E-state index contributed by atoms with van der Waals surface area (Å²) < 4.78 is 4.91. The van der Waals surface area contributed by atoms with E-state index in [4.69, 9.17) is 10.3 Å². The van der Waals surface area contributed by atoms with Gasteiger partial charge < -0.3 is 20.9 Å². The molecule has 4 N–H and O–H groups in total. The predicted octanol–water partition coefficient (Wildman–Crippen LogP) is 1.42. The molecule has 2 heterocycles. The number of nitrogens with two attached hydrogens (primary N) is 1. The molecule has 3 aromatic rings. The summed E-state index contributed by atoms with van der Waals surface area (Å²) in [6.45, 7) is 3.55. The standard InChI is InChI=1S/C23H24N6O4/c1-13-28-17(29-33-13)12-27-22(32)19-18(21(31)26-11-14-7-9-25-10-8-14)23(19,2)20(30)15-5-3-4-6-16(15)24/h3-10,18-19H,11-12,24H2,1-2H3,(H,26,31)(H,27,32)/t18-,19+,23-/m1/s1. The molecule has 1 aliphatic rings. The predicted molar refractivity (Wildman–Crippen MR) is 117 cm³/mol. The summed E-state index contributed by atoms with van der Waals surface area (Å²) in [5, 5.41) is 9.29. The van der Waals surface area contributed by atoms with E-state index in [1.165, 1.54) is 0 Å². The third-order valence-electron chi connectivity index (χ3n) is 5.98. The highest BCUT2D eigenvalue weighted by atomic mass is 16.5. The number of amides is 2. The van der Waals surface area contributed by atoms with Crippen LogP contribution < -0.4 is 16.4 Å². The van der Waals surface area contributed by atoms with Crippen LogP contribution in [0.3, 0.4) is 0 Å². The van der Waals surface area contributed by atoms with Gasteiger partial charge in [-0.1, -0.05) is 24.2 Å². The summed E-state index contributed by atoms with van der Waals surface area (Å²) >= 11 is 0. The minimum absolute atomic E-state index is 0.0236. The first kappa shape index (κ1) is 22.1. The number of para-hydroxylation sites is 1. The molecule has 10 nitrogen and oxygen atoms in total. The Labute approximate surface area is 190 Å². The number of hydrogen-bond donors (Lipinski definition) is 3. The number of ketones is 1. The van der Waals surface area contributed by atoms with Gasteiger partial charge in [0.2, 0.25) is 17.7 Å². The minimum Gasteiger partial charge on any atom is -0.398 e. The lowest BCUT2D eigenvalue weighted by molar-refractivity contribution is -0.127. The number of hydrogen-bond acceptors (Lipinski definition) is 8. The smallest absolute Gasteiger partial charge is 0.225 e. The fraction of sp³-hybridized carbons (Fsp3) is 0.304. The molecule has 3 atom stereocenters. The Morgan fingerprint density at radius 3 is 2.27 bits per heavy atom. The first-order valence-corrected chi connectivity index (χ1v) is 10.4. The normalized spacial score (nSPS) is 21.3. The molecule has 0 unspecified atom stereocenters. The fourth-order valence-corrected chi connectivity index (χ4v) is 4.13. The number of benzene rings is 1. The van der Waals surface area contributed by atoms with Crippen molar-refractivity contribution in [1.29, 1.82) is 0 Å². The maximum atomic E-state index is 13.4. The lowest BCUT2D eigenvalue weighted by Crippen LogP contribution is -2.30. The molecule has 170 valence electrons. The number of nitrogens with zero attached hydrogens (tertiary/aromatic N) is 3. The molecule has 4 rings (SSSR count). The van der Waals surface area contributed by atoms with Crippen molar-refractivity contribution in [3.05, 3.63) is 71.6 Å². The van der Waals surface area contributed by atoms with Gasteiger partial charge in [-0.15, -0.1) is 0 Å². The van der Waals surface area contributed by atoms with Crippen molar-refractivity contribution in [2.45, 2.75) is 26.9 Å². The first-order valence-electron chi connectivity index (χ1n) is 10.4. The van der Waals surface area contributed by atoms with Crippen LogP contribution in [-0.2, 0) is 22.7 Å². The van der Waals surface area contributed by atoms with Gasteiger partial charge in [-0.2, -0.15) is 4.98 Å². The Balaban J connectivity index is 1.54. The molecule has 1 saturated carbocycles. The van der Waals surface area contributed by atoms with Gasteiger partial charge >= 0.3 is 0 Å². The van der Waals surface area contributed by atoms with Gasteiger partial charge in [0.15, 0.2) is 11.6 Å².